The summed E-state index contributed by atoms with van der Waals surface area (Å²) >= 11 is 1.98. The summed E-state index contributed by atoms with van der Waals surface area (Å²) in [7, 11) is 0. The Kier molecular flexibility index (Phi) is 5.25. The minimum atomic E-state index is 0.286. The Morgan fingerprint density at radius 1 is 1.36 bits per heavy atom. The molecule has 0 spiro atoms. The zero-order valence-corrected chi connectivity index (χ0v) is 16.1. The Balaban J connectivity index is 1.72. The van der Waals surface area contributed by atoms with Gasteiger partial charge in [-0.1, -0.05) is 18.0 Å². The van der Waals surface area contributed by atoms with Crippen LogP contribution in [0, 0.1) is 11.3 Å². The first-order chi connectivity index (χ1) is 11.9. The molecule has 5 heteroatoms. The van der Waals surface area contributed by atoms with E-state index in [1.54, 1.807) is 0 Å². The third-order valence-corrected chi connectivity index (χ3v) is 5.68. The fourth-order valence-corrected chi connectivity index (χ4v) is 4.72. The van der Waals surface area contributed by atoms with Gasteiger partial charge in [-0.05, 0) is 56.9 Å². The van der Waals surface area contributed by atoms with Gasteiger partial charge in [0.15, 0.2) is 0 Å². The van der Waals surface area contributed by atoms with E-state index in [4.69, 9.17) is 11.1 Å². The maximum atomic E-state index is 7.46. The number of rotatable bonds is 5. The van der Waals surface area contributed by atoms with Crippen molar-refractivity contribution in [3.63, 3.8) is 0 Å². The van der Waals surface area contributed by atoms with Gasteiger partial charge in [-0.25, -0.2) is 4.31 Å². The van der Waals surface area contributed by atoms with Crippen LogP contribution in [0.2, 0.25) is 0 Å². The average molecular weight is 357 g/mol. The van der Waals surface area contributed by atoms with Crippen molar-refractivity contribution in [3.05, 3.63) is 42.2 Å². The summed E-state index contributed by atoms with van der Waals surface area (Å²) in [5, 5.41) is 8.66. The van der Waals surface area contributed by atoms with Crippen molar-refractivity contribution in [2.24, 2.45) is 11.7 Å². The molecule has 0 radical (unpaired) electrons. The Hall–Kier alpha value is -1.72. The fraction of sp³-hybridized carbons (Fsp3) is 0.450. The molecule has 3 rings (SSSR count). The molecular weight excluding hydrogens is 328 g/mol. The SMILES string of the molecule is CC(C)(C)SN1CCC(Cn2ccc3cc(/C(C=N)=C/N)ccc32)C1. The van der Waals surface area contributed by atoms with Crippen LogP contribution >= 0.6 is 11.9 Å². The molecule has 3 N–H and O–H groups in total. The lowest BCUT2D eigenvalue weighted by molar-refractivity contribution is 0.460. The number of nitrogens with zero attached hydrogens (tertiary/aromatic N) is 2. The predicted molar refractivity (Wildman–Crippen MR) is 110 cm³/mol. The van der Waals surface area contributed by atoms with E-state index in [-0.39, 0.29) is 4.75 Å². The molecule has 1 aromatic carbocycles. The van der Waals surface area contributed by atoms with E-state index in [0.29, 0.717) is 5.92 Å². The number of nitrogens with two attached hydrogens (primary N) is 1. The fourth-order valence-electron chi connectivity index (χ4n) is 3.46. The lowest BCUT2D eigenvalue weighted by Gasteiger charge is -2.25. The van der Waals surface area contributed by atoms with Crippen molar-refractivity contribution >= 4 is 34.6 Å². The molecule has 0 amide bonds. The minimum Gasteiger partial charge on any atom is -0.404 e. The van der Waals surface area contributed by atoms with Gasteiger partial charge in [0.2, 0.25) is 0 Å². The molecule has 1 aromatic heterocycles. The maximum Gasteiger partial charge on any atom is 0.0480 e. The van der Waals surface area contributed by atoms with Crippen LogP contribution in [0.25, 0.3) is 16.5 Å². The molecule has 0 aliphatic carbocycles. The quantitative estimate of drug-likeness (QED) is 0.618. The van der Waals surface area contributed by atoms with E-state index in [9.17, 15) is 0 Å². The molecule has 2 heterocycles. The number of fused-ring (bicyclic) bond motifs is 1. The van der Waals surface area contributed by atoms with Gasteiger partial charge in [-0.2, -0.15) is 0 Å². The molecule has 1 saturated heterocycles. The molecule has 0 bridgehead atoms. The third-order valence-electron chi connectivity index (χ3n) is 4.55. The molecule has 0 saturated carbocycles. The first-order valence-corrected chi connectivity index (χ1v) is 9.62. The number of benzene rings is 1. The maximum absolute atomic E-state index is 7.46. The molecule has 25 heavy (non-hydrogen) atoms. The van der Waals surface area contributed by atoms with E-state index >= 15 is 0 Å². The van der Waals surface area contributed by atoms with Gasteiger partial charge in [-0.3, -0.25) is 0 Å². The molecule has 134 valence electrons. The predicted octanol–water partition coefficient (Wildman–Crippen LogP) is 4.36. The van der Waals surface area contributed by atoms with Crippen molar-refractivity contribution in [1.29, 1.82) is 5.41 Å². The zero-order valence-electron chi connectivity index (χ0n) is 15.3. The van der Waals surface area contributed by atoms with Crippen molar-refractivity contribution in [2.45, 2.75) is 38.5 Å². The Morgan fingerprint density at radius 2 is 2.16 bits per heavy atom. The lowest BCUT2D eigenvalue weighted by atomic mass is 10.1. The Bertz CT molecular complexity index is 785. The number of nitrogens with one attached hydrogen (secondary N) is 1. The normalized spacial score (nSPS) is 19.6. The van der Waals surface area contributed by atoms with Crippen LogP contribution in [-0.4, -0.2) is 32.9 Å². The standard InChI is InChI=1S/C20H28N4S/c1-20(2,3)25-24-9-6-15(14-24)13-23-8-7-17-10-16(4-5-19(17)23)18(11-21)12-22/h4-5,7-8,10-12,15,21H,6,9,13-14,22H2,1-3H3/b18-12+,21-11?. The number of allylic oxidation sites excluding steroid dienone is 1. The van der Waals surface area contributed by atoms with Gasteiger partial charge in [0.05, 0.1) is 0 Å². The average Bonchev–Trinajstić information content (AvgIpc) is 3.14. The molecule has 1 aliphatic heterocycles. The van der Waals surface area contributed by atoms with Gasteiger partial charge in [-0.15, -0.1) is 0 Å². The molecule has 1 fully saturated rings. The van der Waals surface area contributed by atoms with Crippen molar-refractivity contribution in [1.82, 2.24) is 8.87 Å². The highest BCUT2D eigenvalue weighted by atomic mass is 32.2. The highest BCUT2D eigenvalue weighted by Crippen LogP contribution is 2.33. The number of hydrogen-bond acceptors (Lipinski definition) is 4. The Morgan fingerprint density at radius 3 is 2.84 bits per heavy atom. The topological polar surface area (TPSA) is 58.0 Å². The number of hydrogen-bond donors (Lipinski definition) is 2. The second-order valence-corrected chi connectivity index (χ2v) is 9.68. The molecule has 1 atom stereocenters. The summed E-state index contributed by atoms with van der Waals surface area (Å²) in [5.41, 5.74) is 8.61. The number of aromatic nitrogens is 1. The Labute approximate surface area is 154 Å². The van der Waals surface area contributed by atoms with Crippen molar-refractivity contribution in [2.75, 3.05) is 13.1 Å². The minimum absolute atomic E-state index is 0.286. The van der Waals surface area contributed by atoms with Crippen LogP contribution in [0.15, 0.2) is 36.7 Å². The van der Waals surface area contributed by atoms with Crippen LogP contribution in [0.4, 0.5) is 0 Å². The third kappa shape index (κ3) is 4.28. The van der Waals surface area contributed by atoms with Gasteiger partial charge >= 0.3 is 0 Å². The summed E-state index contributed by atoms with van der Waals surface area (Å²) in [5.74, 6) is 0.700. The molecule has 1 aliphatic rings. The van der Waals surface area contributed by atoms with E-state index in [1.165, 1.54) is 36.3 Å². The summed E-state index contributed by atoms with van der Waals surface area (Å²) in [6.45, 7) is 10.2. The monoisotopic (exact) mass is 356 g/mol. The second kappa shape index (κ2) is 7.26. The zero-order chi connectivity index (χ0) is 18.0. The van der Waals surface area contributed by atoms with Crippen LogP contribution < -0.4 is 5.73 Å². The molecular formula is C20H28N4S. The summed E-state index contributed by atoms with van der Waals surface area (Å²) in [6.07, 6.45) is 6.24. The lowest BCUT2D eigenvalue weighted by Crippen LogP contribution is -2.22. The molecule has 4 nitrogen and oxygen atoms in total. The largest absolute Gasteiger partial charge is 0.404 e. The van der Waals surface area contributed by atoms with Crippen LogP contribution in [0.3, 0.4) is 0 Å². The summed E-state index contributed by atoms with van der Waals surface area (Å²) < 4.78 is 5.18. The molecule has 1 unspecified atom stereocenters. The first kappa shape index (κ1) is 18.1. The van der Waals surface area contributed by atoms with Crippen molar-refractivity contribution in [3.8, 4) is 0 Å². The molecule has 2 aromatic rings. The van der Waals surface area contributed by atoms with Crippen LogP contribution in [0.5, 0.6) is 0 Å². The smallest absolute Gasteiger partial charge is 0.0480 e. The second-order valence-electron chi connectivity index (χ2n) is 7.75. The van der Waals surface area contributed by atoms with Gasteiger partial charge < -0.3 is 15.7 Å². The van der Waals surface area contributed by atoms with Gasteiger partial charge in [0.25, 0.3) is 0 Å². The van der Waals surface area contributed by atoms with E-state index < -0.39 is 0 Å². The highest BCUT2D eigenvalue weighted by molar-refractivity contribution is 7.98. The highest BCUT2D eigenvalue weighted by Gasteiger charge is 2.27. The summed E-state index contributed by atoms with van der Waals surface area (Å²) in [4.78, 5) is 0. The van der Waals surface area contributed by atoms with Gasteiger partial charge in [0, 0.05) is 59.5 Å². The van der Waals surface area contributed by atoms with E-state index in [1.807, 2.05) is 11.9 Å². The van der Waals surface area contributed by atoms with Crippen LogP contribution in [-0.2, 0) is 6.54 Å². The van der Waals surface area contributed by atoms with E-state index in [2.05, 4.69) is 60.1 Å². The van der Waals surface area contributed by atoms with E-state index in [0.717, 1.165) is 24.2 Å². The van der Waals surface area contributed by atoms with Crippen molar-refractivity contribution < 1.29 is 0 Å². The van der Waals surface area contributed by atoms with Gasteiger partial charge in [0.1, 0.15) is 0 Å². The first-order valence-electron chi connectivity index (χ1n) is 8.85. The summed E-state index contributed by atoms with van der Waals surface area (Å²) in [6, 6.07) is 8.48. The van der Waals surface area contributed by atoms with Crippen LogP contribution in [0.1, 0.15) is 32.8 Å².